The summed E-state index contributed by atoms with van der Waals surface area (Å²) in [5.74, 6) is 0.178. The number of aryl methyl sites for hydroxylation is 1. The van der Waals surface area contributed by atoms with Crippen molar-refractivity contribution in [2.24, 2.45) is 0 Å². The Bertz CT molecular complexity index is 835. The molecule has 0 aliphatic rings. The molecular weight excluding hydrogens is 340 g/mol. The van der Waals surface area contributed by atoms with Gasteiger partial charge in [0.05, 0.1) is 24.6 Å². The van der Waals surface area contributed by atoms with Crippen LogP contribution in [0.15, 0.2) is 53.4 Å². The molecule has 2 aromatic carbocycles. The lowest BCUT2D eigenvalue weighted by Gasteiger charge is -2.15. The van der Waals surface area contributed by atoms with Crippen LogP contribution in [0, 0.1) is 6.92 Å². The molecule has 0 fully saturated rings. The van der Waals surface area contributed by atoms with Gasteiger partial charge in [0, 0.05) is 0 Å². The number of methoxy groups -OCH3 is 1. The first kappa shape index (κ1) is 19.0. The second kappa shape index (κ2) is 8.13. The van der Waals surface area contributed by atoms with Gasteiger partial charge in [0.25, 0.3) is 0 Å². The van der Waals surface area contributed by atoms with Gasteiger partial charge in [0.2, 0.25) is 15.9 Å². The zero-order valence-corrected chi connectivity index (χ0v) is 15.3. The third kappa shape index (κ3) is 5.04. The third-order valence-electron chi connectivity index (χ3n) is 3.77. The molecule has 0 bridgehead atoms. The summed E-state index contributed by atoms with van der Waals surface area (Å²) in [5, 5.41) is 2.77. The number of carbonyl (C=O) groups is 1. The van der Waals surface area contributed by atoms with Crippen molar-refractivity contribution >= 4 is 15.9 Å². The van der Waals surface area contributed by atoms with Crippen LogP contribution in [0.4, 0.5) is 0 Å². The second-order valence-electron chi connectivity index (χ2n) is 5.66. The van der Waals surface area contributed by atoms with Crippen LogP contribution in [0.1, 0.15) is 24.1 Å². The van der Waals surface area contributed by atoms with Crippen LogP contribution in [0.25, 0.3) is 0 Å². The fourth-order valence-electron chi connectivity index (χ4n) is 2.41. The van der Waals surface area contributed by atoms with Crippen molar-refractivity contribution < 1.29 is 17.9 Å². The first-order valence-electron chi connectivity index (χ1n) is 7.82. The number of hydrogen-bond donors (Lipinski definition) is 2. The number of hydrogen-bond acceptors (Lipinski definition) is 4. The summed E-state index contributed by atoms with van der Waals surface area (Å²) in [4.78, 5) is 12.2. The molecule has 2 rings (SSSR count). The number of ether oxygens (including phenoxy) is 1. The van der Waals surface area contributed by atoms with Gasteiger partial charge in [-0.05, 0) is 43.2 Å². The number of carbonyl (C=O) groups excluding carboxylic acids is 1. The first-order chi connectivity index (χ1) is 11.8. The molecule has 0 aromatic heterocycles. The Hall–Kier alpha value is -2.38. The highest BCUT2D eigenvalue weighted by molar-refractivity contribution is 7.89. The molecule has 1 unspecified atom stereocenters. The van der Waals surface area contributed by atoms with E-state index in [0.717, 1.165) is 5.56 Å². The van der Waals surface area contributed by atoms with Gasteiger partial charge in [-0.25, -0.2) is 13.1 Å². The van der Waals surface area contributed by atoms with E-state index in [4.69, 9.17) is 4.74 Å². The van der Waals surface area contributed by atoms with Crippen molar-refractivity contribution in [3.63, 3.8) is 0 Å². The topological polar surface area (TPSA) is 84.5 Å². The van der Waals surface area contributed by atoms with Crippen molar-refractivity contribution in [3.05, 3.63) is 59.7 Å². The standard InChI is InChI=1S/C18H22N2O4S/c1-13-11-16(24-3)9-10-17(13)25(22,23)19-12-18(21)20-14(2)15-7-5-4-6-8-15/h4-11,14,19H,12H2,1-3H3,(H,20,21). The second-order valence-corrected chi connectivity index (χ2v) is 7.39. The Labute approximate surface area is 148 Å². The molecule has 0 radical (unpaired) electrons. The van der Waals surface area contributed by atoms with Crippen LogP contribution in [0.2, 0.25) is 0 Å². The van der Waals surface area contributed by atoms with E-state index in [0.29, 0.717) is 11.3 Å². The molecule has 25 heavy (non-hydrogen) atoms. The molecule has 134 valence electrons. The van der Waals surface area contributed by atoms with Crippen molar-refractivity contribution in [2.45, 2.75) is 24.8 Å². The Kier molecular flexibility index (Phi) is 6.17. The van der Waals surface area contributed by atoms with Gasteiger partial charge in [-0.3, -0.25) is 4.79 Å². The molecule has 6 nitrogen and oxygen atoms in total. The average Bonchev–Trinajstić information content (AvgIpc) is 2.60. The maximum absolute atomic E-state index is 12.4. The molecule has 1 atom stereocenters. The Morgan fingerprint density at radius 3 is 2.44 bits per heavy atom. The van der Waals surface area contributed by atoms with E-state index in [9.17, 15) is 13.2 Å². The van der Waals surface area contributed by atoms with E-state index >= 15 is 0 Å². The summed E-state index contributed by atoms with van der Waals surface area (Å²) in [7, 11) is -2.26. The van der Waals surface area contributed by atoms with Crippen molar-refractivity contribution in [2.75, 3.05) is 13.7 Å². The summed E-state index contributed by atoms with van der Waals surface area (Å²) in [6.45, 7) is 3.19. The minimum Gasteiger partial charge on any atom is -0.497 e. The Balaban J connectivity index is 1.98. The quantitative estimate of drug-likeness (QED) is 0.790. The summed E-state index contributed by atoms with van der Waals surface area (Å²) in [5.41, 5.74) is 1.50. The van der Waals surface area contributed by atoms with Crippen LogP contribution in [0.5, 0.6) is 5.75 Å². The maximum atomic E-state index is 12.4. The van der Waals surface area contributed by atoms with E-state index in [2.05, 4.69) is 10.0 Å². The van der Waals surface area contributed by atoms with Gasteiger partial charge >= 0.3 is 0 Å². The highest BCUT2D eigenvalue weighted by Crippen LogP contribution is 2.20. The minimum atomic E-state index is -3.78. The molecule has 0 heterocycles. The van der Waals surface area contributed by atoms with Crippen LogP contribution >= 0.6 is 0 Å². The van der Waals surface area contributed by atoms with Crippen molar-refractivity contribution in [3.8, 4) is 5.75 Å². The molecule has 0 saturated heterocycles. The maximum Gasteiger partial charge on any atom is 0.241 e. The Morgan fingerprint density at radius 1 is 1.16 bits per heavy atom. The largest absolute Gasteiger partial charge is 0.497 e. The van der Waals surface area contributed by atoms with E-state index in [1.54, 1.807) is 19.1 Å². The van der Waals surface area contributed by atoms with E-state index in [1.807, 2.05) is 37.3 Å². The molecule has 0 aliphatic carbocycles. The van der Waals surface area contributed by atoms with Crippen LogP contribution in [0.3, 0.4) is 0 Å². The van der Waals surface area contributed by atoms with E-state index < -0.39 is 15.9 Å². The zero-order chi connectivity index (χ0) is 18.4. The van der Waals surface area contributed by atoms with Gasteiger partial charge in [-0.15, -0.1) is 0 Å². The van der Waals surface area contributed by atoms with Gasteiger partial charge in [0.15, 0.2) is 0 Å². The monoisotopic (exact) mass is 362 g/mol. The highest BCUT2D eigenvalue weighted by atomic mass is 32.2. The van der Waals surface area contributed by atoms with Gasteiger partial charge < -0.3 is 10.1 Å². The highest BCUT2D eigenvalue weighted by Gasteiger charge is 2.19. The van der Waals surface area contributed by atoms with Crippen LogP contribution in [-0.4, -0.2) is 28.0 Å². The fraction of sp³-hybridized carbons (Fsp3) is 0.278. The number of sulfonamides is 1. The van der Waals surface area contributed by atoms with Crippen molar-refractivity contribution in [1.29, 1.82) is 0 Å². The van der Waals surface area contributed by atoms with E-state index in [1.165, 1.54) is 13.2 Å². The van der Waals surface area contributed by atoms with E-state index in [-0.39, 0.29) is 17.5 Å². The van der Waals surface area contributed by atoms with Crippen molar-refractivity contribution in [1.82, 2.24) is 10.0 Å². The SMILES string of the molecule is COc1ccc(S(=O)(=O)NCC(=O)NC(C)c2ccccc2)c(C)c1. The van der Waals surface area contributed by atoms with Crippen LogP contribution < -0.4 is 14.8 Å². The Morgan fingerprint density at radius 2 is 1.84 bits per heavy atom. The molecule has 2 aromatic rings. The fourth-order valence-corrected chi connectivity index (χ4v) is 3.61. The van der Waals surface area contributed by atoms with Gasteiger partial charge in [-0.1, -0.05) is 30.3 Å². The summed E-state index contributed by atoms with van der Waals surface area (Å²) in [6, 6.07) is 13.9. The summed E-state index contributed by atoms with van der Waals surface area (Å²) >= 11 is 0. The third-order valence-corrected chi connectivity index (χ3v) is 5.33. The molecule has 0 spiro atoms. The van der Waals surface area contributed by atoms with Gasteiger partial charge in [-0.2, -0.15) is 0 Å². The molecule has 0 saturated carbocycles. The molecule has 0 aliphatic heterocycles. The summed E-state index contributed by atoms with van der Waals surface area (Å²) in [6.07, 6.45) is 0. The summed E-state index contributed by atoms with van der Waals surface area (Å²) < 4.78 is 32.2. The lowest BCUT2D eigenvalue weighted by molar-refractivity contribution is -0.120. The first-order valence-corrected chi connectivity index (χ1v) is 9.30. The lowest BCUT2D eigenvalue weighted by Crippen LogP contribution is -2.38. The predicted octanol–water partition coefficient (Wildman–Crippen LogP) is 2.16. The number of nitrogens with one attached hydrogen (secondary N) is 2. The normalized spacial score (nSPS) is 12.4. The molecule has 2 N–H and O–H groups in total. The molecule has 1 amide bonds. The minimum absolute atomic E-state index is 0.122. The smallest absolute Gasteiger partial charge is 0.241 e. The lowest BCUT2D eigenvalue weighted by atomic mass is 10.1. The average molecular weight is 362 g/mol. The number of rotatable bonds is 7. The van der Waals surface area contributed by atoms with Gasteiger partial charge in [0.1, 0.15) is 5.75 Å². The number of amides is 1. The number of benzene rings is 2. The zero-order valence-electron chi connectivity index (χ0n) is 14.4. The predicted molar refractivity (Wildman–Crippen MR) is 95.9 cm³/mol. The van der Waals surface area contributed by atoms with Crippen LogP contribution in [-0.2, 0) is 14.8 Å². The molecule has 7 heteroatoms. The molecular formula is C18H22N2O4S.